The third kappa shape index (κ3) is 5.27. The van der Waals surface area contributed by atoms with Gasteiger partial charge in [-0.15, -0.1) is 0 Å². The molecule has 92 valence electrons. The summed E-state index contributed by atoms with van der Waals surface area (Å²) in [5.74, 6) is -0.625. The van der Waals surface area contributed by atoms with Gasteiger partial charge in [0.2, 0.25) is 0 Å². The summed E-state index contributed by atoms with van der Waals surface area (Å²) in [4.78, 5) is 10.2. The van der Waals surface area contributed by atoms with Crippen molar-refractivity contribution in [3.05, 3.63) is 11.5 Å². The predicted molar refractivity (Wildman–Crippen MR) is 60.8 cm³/mol. The molecule has 0 aliphatic carbocycles. The lowest BCUT2D eigenvalue weighted by Crippen LogP contribution is -2.30. The van der Waals surface area contributed by atoms with Gasteiger partial charge < -0.3 is 10.4 Å². The molecule has 0 saturated carbocycles. The van der Waals surface area contributed by atoms with Gasteiger partial charge in [0.1, 0.15) is 0 Å². The molecule has 1 atom stereocenters. The highest BCUT2D eigenvalue weighted by molar-refractivity contribution is 7.94. The molecule has 1 heterocycles. The van der Waals surface area contributed by atoms with E-state index in [0.29, 0.717) is 6.42 Å². The number of carboxylic acid groups (broad SMARTS) is 1. The molecule has 0 amide bonds. The number of rotatable bonds is 7. The lowest BCUT2D eigenvalue weighted by molar-refractivity contribution is -0.137. The van der Waals surface area contributed by atoms with Gasteiger partial charge in [-0.3, -0.25) is 4.79 Å². The van der Waals surface area contributed by atoms with E-state index in [1.165, 1.54) is 5.41 Å². The van der Waals surface area contributed by atoms with Crippen LogP contribution in [0.1, 0.15) is 25.7 Å². The fraction of sp³-hybridized carbons (Fsp3) is 0.700. The van der Waals surface area contributed by atoms with Crippen LogP contribution in [0.25, 0.3) is 0 Å². The van der Waals surface area contributed by atoms with Crippen LogP contribution in [0.15, 0.2) is 11.5 Å². The highest BCUT2D eigenvalue weighted by atomic mass is 32.2. The van der Waals surface area contributed by atoms with Gasteiger partial charge in [-0.25, -0.2) is 8.42 Å². The van der Waals surface area contributed by atoms with E-state index >= 15 is 0 Å². The standard InChI is InChI=1S/C10H17NO4S/c12-10(13)4-2-1-3-6-11-9-5-7-16(14,15)8-9/h5,7,9,11H,1-4,6,8H2,(H,12,13). The van der Waals surface area contributed by atoms with E-state index in [1.54, 1.807) is 6.08 Å². The van der Waals surface area contributed by atoms with Crippen molar-refractivity contribution in [1.29, 1.82) is 0 Å². The Morgan fingerprint density at radius 2 is 2.12 bits per heavy atom. The summed E-state index contributed by atoms with van der Waals surface area (Å²) in [5.41, 5.74) is 0. The zero-order valence-corrected chi connectivity index (χ0v) is 9.87. The summed E-state index contributed by atoms with van der Waals surface area (Å²) in [6.45, 7) is 0.726. The Balaban J connectivity index is 2.01. The van der Waals surface area contributed by atoms with E-state index in [2.05, 4.69) is 5.32 Å². The molecule has 5 nitrogen and oxygen atoms in total. The Kier molecular flexibility index (Phi) is 4.95. The fourth-order valence-corrected chi connectivity index (χ4v) is 2.84. The normalized spacial score (nSPS) is 22.4. The Morgan fingerprint density at radius 3 is 2.69 bits per heavy atom. The second-order valence-corrected chi connectivity index (χ2v) is 5.85. The molecule has 0 spiro atoms. The second kappa shape index (κ2) is 6.00. The second-order valence-electron chi connectivity index (χ2n) is 3.92. The number of nitrogens with one attached hydrogen (secondary N) is 1. The van der Waals surface area contributed by atoms with Crippen LogP contribution in [0, 0.1) is 0 Å². The molecule has 0 radical (unpaired) electrons. The molecular weight excluding hydrogens is 230 g/mol. The Bertz CT molecular complexity index is 361. The predicted octanol–water partition coefficient (Wildman–Crippen LogP) is 0.532. The molecular formula is C10H17NO4S. The van der Waals surface area contributed by atoms with E-state index in [-0.39, 0.29) is 18.2 Å². The molecule has 16 heavy (non-hydrogen) atoms. The lowest BCUT2D eigenvalue weighted by Gasteiger charge is -2.08. The van der Waals surface area contributed by atoms with E-state index in [9.17, 15) is 13.2 Å². The first-order chi connectivity index (χ1) is 7.49. The molecule has 1 unspecified atom stereocenters. The van der Waals surface area contributed by atoms with Crippen molar-refractivity contribution in [2.24, 2.45) is 0 Å². The zero-order chi connectivity index (χ0) is 12.0. The topological polar surface area (TPSA) is 83.5 Å². The Hall–Kier alpha value is -0.880. The summed E-state index contributed by atoms with van der Waals surface area (Å²) in [7, 11) is -2.97. The third-order valence-electron chi connectivity index (χ3n) is 2.40. The molecule has 1 aliphatic rings. The van der Waals surface area contributed by atoms with Crippen LogP contribution in [0.3, 0.4) is 0 Å². The number of hydrogen-bond donors (Lipinski definition) is 2. The summed E-state index contributed by atoms with van der Waals surface area (Å²) >= 11 is 0. The maximum absolute atomic E-state index is 11.1. The molecule has 0 saturated heterocycles. The van der Waals surface area contributed by atoms with Crippen LogP contribution in [0.2, 0.25) is 0 Å². The molecule has 0 fully saturated rings. The smallest absolute Gasteiger partial charge is 0.303 e. The summed E-state index contributed by atoms with van der Waals surface area (Å²) in [6.07, 6.45) is 4.26. The van der Waals surface area contributed by atoms with Gasteiger partial charge in [0.15, 0.2) is 9.84 Å². The van der Waals surface area contributed by atoms with Gasteiger partial charge in [0.05, 0.1) is 5.75 Å². The highest BCUT2D eigenvalue weighted by Gasteiger charge is 2.20. The number of sulfone groups is 1. The van der Waals surface area contributed by atoms with Crippen molar-refractivity contribution in [2.75, 3.05) is 12.3 Å². The van der Waals surface area contributed by atoms with Gasteiger partial charge in [0, 0.05) is 17.9 Å². The maximum atomic E-state index is 11.1. The minimum absolute atomic E-state index is 0.0792. The van der Waals surface area contributed by atoms with Gasteiger partial charge >= 0.3 is 5.97 Å². The van der Waals surface area contributed by atoms with Crippen LogP contribution in [-0.4, -0.2) is 37.8 Å². The molecule has 0 aromatic rings. The van der Waals surface area contributed by atoms with Gasteiger partial charge in [-0.05, 0) is 19.4 Å². The monoisotopic (exact) mass is 247 g/mol. The van der Waals surface area contributed by atoms with Crippen LogP contribution >= 0.6 is 0 Å². The average Bonchev–Trinajstić information content (AvgIpc) is 2.51. The number of carbonyl (C=O) groups is 1. The highest BCUT2D eigenvalue weighted by Crippen LogP contribution is 2.08. The van der Waals surface area contributed by atoms with Crippen LogP contribution in [0.5, 0.6) is 0 Å². The number of hydrogen-bond acceptors (Lipinski definition) is 4. The van der Waals surface area contributed by atoms with Crippen LogP contribution in [-0.2, 0) is 14.6 Å². The molecule has 0 aromatic carbocycles. The molecule has 6 heteroatoms. The average molecular weight is 247 g/mol. The van der Waals surface area contributed by atoms with Crippen molar-refractivity contribution in [1.82, 2.24) is 5.32 Å². The fourth-order valence-electron chi connectivity index (χ4n) is 1.57. The lowest BCUT2D eigenvalue weighted by atomic mass is 10.2. The first kappa shape index (κ1) is 13.2. The van der Waals surface area contributed by atoms with Crippen LogP contribution < -0.4 is 5.32 Å². The van der Waals surface area contributed by atoms with Crippen molar-refractivity contribution < 1.29 is 18.3 Å². The summed E-state index contributed by atoms with van der Waals surface area (Å²) in [6, 6.07) is -0.0792. The van der Waals surface area contributed by atoms with Crippen molar-refractivity contribution in [3.63, 3.8) is 0 Å². The Labute approximate surface area is 95.5 Å². The quantitative estimate of drug-likeness (QED) is 0.641. The minimum atomic E-state index is -2.97. The third-order valence-corrected chi connectivity index (χ3v) is 3.80. The van der Waals surface area contributed by atoms with Crippen molar-refractivity contribution in [2.45, 2.75) is 31.7 Å². The first-order valence-corrected chi connectivity index (χ1v) is 7.07. The molecule has 0 bridgehead atoms. The number of unbranched alkanes of at least 4 members (excludes halogenated alkanes) is 2. The van der Waals surface area contributed by atoms with E-state index in [4.69, 9.17) is 5.11 Å². The summed E-state index contributed by atoms with van der Waals surface area (Å²) in [5, 5.41) is 12.8. The number of carboxylic acids is 1. The van der Waals surface area contributed by atoms with Crippen molar-refractivity contribution >= 4 is 15.8 Å². The first-order valence-electron chi connectivity index (χ1n) is 5.36. The number of aliphatic carboxylic acids is 1. The van der Waals surface area contributed by atoms with E-state index in [0.717, 1.165) is 19.4 Å². The van der Waals surface area contributed by atoms with Crippen molar-refractivity contribution in [3.8, 4) is 0 Å². The van der Waals surface area contributed by atoms with Gasteiger partial charge in [-0.2, -0.15) is 0 Å². The minimum Gasteiger partial charge on any atom is -0.481 e. The molecule has 2 N–H and O–H groups in total. The van der Waals surface area contributed by atoms with Gasteiger partial charge in [-0.1, -0.05) is 12.5 Å². The summed E-state index contributed by atoms with van der Waals surface area (Å²) < 4.78 is 22.1. The molecule has 1 rings (SSSR count). The zero-order valence-electron chi connectivity index (χ0n) is 9.05. The van der Waals surface area contributed by atoms with E-state index < -0.39 is 15.8 Å². The van der Waals surface area contributed by atoms with Gasteiger partial charge in [0.25, 0.3) is 0 Å². The largest absolute Gasteiger partial charge is 0.481 e. The Morgan fingerprint density at radius 1 is 1.38 bits per heavy atom. The maximum Gasteiger partial charge on any atom is 0.303 e. The van der Waals surface area contributed by atoms with Crippen LogP contribution in [0.4, 0.5) is 0 Å². The SMILES string of the molecule is O=C(O)CCCCCNC1C=CS(=O)(=O)C1. The molecule has 1 aliphatic heterocycles. The van der Waals surface area contributed by atoms with E-state index in [1.807, 2.05) is 0 Å². The molecule has 0 aromatic heterocycles.